The molecule has 1 spiro atoms. The van der Waals surface area contributed by atoms with Crippen molar-refractivity contribution in [3.8, 4) is 0 Å². The monoisotopic (exact) mass is 215 g/mol. The molecule has 1 aliphatic heterocycles. The lowest BCUT2D eigenvalue weighted by atomic mass is 9.79. The van der Waals surface area contributed by atoms with Crippen LogP contribution in [0.1, 0.15) is 36.8 Å². The highest BCUT2D eigenvalue weighted by atomic mass is 14.9. The molecule has 3 rings (SSSR count). The molecule has 3 heteroatoms. The predicted molar refractivity (Wildman–Crippen MR) is 65.8 cm³/mol. The number of nitrogens with two attached hydrogens (primary N) is 2. The van der Waals surface area contributed by atoms with Crippen molar-refractivity contribution >= 4 is 11.5 Å². The highest BCUT2D eigenvalue weighted by Crippen LogP contribution is 2.49. The molecule has 0 aromatic heterocycles. The summed E-state index contributed by atoms with van der Waals surface area (Å²) < 4.78 is 0. The summed E-state index contributed by atoms with van der Waals surface area (Å²) in [4.78, 5) is 4.53. The first kappa shape index (κ1) is 9.85. The molecule has 0 bridgehead atoms. The Labute approximate surface area is 95.5 Å². The molecule has 0 amide bonds. The number of fused-ring (bicyclic) bond motifs is 2. The topological polar surface area (TPSA) is 64.4 Å². The fraction of sp³-hybridized carbons (Fsp3) is 0.462. The van der Waals surface area contributed by atoms with Gasteiger partial charge in [-0.25, -0.2) is 4.99 Å². The minimum absolute atomic E-state index is 0.0580. The molecule has 1 aliphatic carbocycles. The van der Waals surface area contributed by atoms with Gasteiger partial charge in [0.25, 0.3) is 0 Å². The second-order valence-electron chi connectivity index (χ2n) is 4.84. The summed E-state index contributed by atoms with van der Waals surface area (Å²) in [5.41, 5.74) is 15.3. The van der Waals surface area contributed by atoms with Crippen molar-refractivity contribution in [3.05, 3.63) is 29.3 Å². The lowest BCUT2D eigenvalue weighted by Crippen LogP contribution is -2.35. The Hall–Kier alpha value is -1.35. The molecule has 1 aromatic rings. The zero-order valence-corrected chi connectivity index (χ0v) is 9.37. The van der Waals surface area contributed by atoms with Crippen LogP contribution in [0.4, 0.5) is 5.69 Å². The Morgan fingerprint density at radius 1 is 1.25 bits per heavy atom. The van der Waals surface area contributed by atoms with Gasteiger partial charge >= 0.3 is 0 Å². The third kappa shape index (κ3) is 1.15. The number of rotatable bonds is 1. The lowest BCUT2D eigenvalue weighted by Gasteiger charge is -2.24. The Morgan fingerprint density at radius 2 is 2.00 bits per heavy atom. The van der Waals surface area contributed by atoms with Crippen LogP contribution in [0, 0.1) is 0 Å². The van der Waals surface area contributed by atoms with Crippen LogP contribution in [0.2, 0.25) is 0 Å². The molecule has 1 heterocycles. The number of hydrogen-bond acceptors (Lipinski definition) is 3. The maximum atomic E-state index is 6.14. The number of nitrogens with zero attached hydrogens (tertiary/aromatic N) is 1. The summed E-state index contributed by atoms with van der Waals surface area (Å²) in [6, 6.07) is 6.36. The molecule has 4 N–H and O–H groups in total. The van der Waals surface area contributed by atoms with E-state index in [0.717, 1.165) is 29.9 Å². The van der Waals surface area contributed by atoms with Crippen LogP contribution >= 0.6 is 0 Å². The van der Waals surface area contributed by atoms with E-state index < -0.39 is 0 Å². The largest absolute Gasteiger partial charge is 0.386 e. The van der Waals surface area contributed by atoms with Gasteiger partial charge in [0.15, 0.2) is 0 Å². The Morgan fingerprint density at radius 3 is 2.69 bits per heavy atom. The van der Waals surface area contributed by atoms with E-state index in [4.69, 9.17) is 11.5 Å². The molecule has 3 nitrogen and oxygen atoms in total. The first-order valence-electron chi connectivity index (χ1n) is 5.94. The van der Waals surface area contributed by atoms with Gasteiger partial charge < -0.3 is 11.5 Å². The zero-order valence-electron chi connectivity index (χ0n) is 9.37. The predicted octanol–water partition coefficient (Wildman–Crippen LogP) is 1.96. The number of amidine groups is 1. The van der Waals surface area contributed by atoms with Gasteiger partial charge in [-0.15, -0.1) is 0 Å². The fourth-order valence-corrected chi connectivity index (χ4v) is 3.08. The molecule has 1 aromatic carbocycles. The van der Waals surface area contributed by atoms with Crippen molar-refractivity contribution in [2.24, 2.45) is 16.5 Å². The van der Waals surface area contributed by atoms with Crippen LogP contribution < -0.4 is 11.5 Å². The molecule has 84 valence electrons. The summed E-state index contributed by atoms with van der Waals surface area (Å²) in [6.07, 6.45) is 4.82. The summed E-state index contributed by atoms with van der Waals surface area (Å²) in [5.74, 6) is 0.814. The molecular weight excluding hydrogens is 198 g/mol. The van der Waals surface area contributed by atoms with Crippen LogP contribution in [0.15, 0.2) is 23.2 Å². The van der Waals surface area contributed by atoms with E-state index in [-0.39, 0.29) is 5.41 Å². The van der Waals surface area contributed by atoms with Crippen molar-refractivity contribution in [1.29, 1.82) is 0 Å². The second kappa shape index (κ2) is 3.32. The molecule has 0 radical (unpaired) electrons. The summed E-state index contributed by atoms with van der Waals surface area (Å²) in [5, 5.41) is 0. The van der Waals surface area contributed by atoms with Crippen LogP contribution in [0.25, 0.3) is 0 Å². The van der Waals surface area contributed by atoms with Gasteiger partial charge in [-0.1, -0.05) is 25.0 Å². The van der Waals surface area contributed by atoms with Crippen LogP contribution in [0.5, 0.6) is 0 Å². The molecule has 2 aliphatic rings. The van der Waals surface area contributed by atoms with E-state index in [1.807, 2.05) is 0 Å². The van der Waals surface area contributed by atoms with Gasteiger partial charge in [-0.3, -0.25) is 0 Å². The third-order valence-electron chi connectivity index (χ3n) is 4.00. The van der Waals surface area contributed by atoms with Crippen molar-refractivity contribution < 1.29 is 0 Å². The SMILES string of the molecule is NCc1ccc2c(c1)N=C(N)C21CCCC1. The number of benzene rings is 1. The highest BCUT2D eigenvalue weighted by Gasteiger charge is 2.44. The molecule has 1 saturated carbocycles. The van der Waals surface area contributed by atoms with Gasteiger partial charge in [-0.05, 0) is 30.0 Å². The third-order valence-corrected chi connectivity index (χ3v) is 4.00. The number of hydrogen-bond donors (Lipinski definition) is 2. The summed E-state index contributed by atoms with van der Waals surface area (Å²) >= 11 is 0. The summed E-state index contributed by atoms with van der Waals surface area (Å²) in [6.45, 7) is 0.565. The van der Waals surface area contributed by atoms with E-state index in [2.05, 4.69) is 23.2 Å². The molecule has 1 fully saturated rings. The standard InChI is InChI=1S/C13H17N3/c14-8-9-3-4-10-11(7-9)16-12(15)13(10)5-1-2-6-13/h3-4,7H,1-2,5-6,8,14H2,(H2,15,16). The first-order valence-corrected chi connectivity index (χ1v) is 5.94. The van der Waals surface area contributed by atoms with Crippen LogP contribution in [-0.2, 0) is 12.0 Å². The van der Waals surface area contributed by atoms with E-state index in [1.165, 1.54) is 18.4 Å². The maximum absolute atomic E-state index is 6.14. The lowest BCUT2D eigenvalue weighted by molar-refractivity contribution is 0.607. The van der Waals surface area contributed by atoms with Crippen molar-refractivity contribution in [2.45, 2.75) is 37.6 Å². The molecule has 0 saturated heterocycles. The van der Waals surface area contributed by atoms with Gasteiger partial charge in [-0.2, -0.15) is 0 Å². The molecule has 0 unspecified atom stereocenters. The second-order valence-corrected chi connectivity index (χ2v) is 4.84. The van der Waals surface area contributed by atoms with Crippen molar-refractivity contribution in [2.75, 3.05) is 0 Å². The average Bonchev–Trinajstić information content (AvgIpc) is 2.88. The van der Waals surface area contributed by atoms with E-state index in [9.17, 15) is 0 Å². The fourth-order valence-electron chi connectivity index (χ4n) is 3.08. The number of aliphatic imine (C=N–C) groups is 1. The Kier molecular flexibility index (Phi) is 2.04. The minimum atomic E-state index is 0.0580. The Bertz CT molecular complexity index is 456. The van der Waals surface area contributed by atoms with Gasteiger partial charge in [0.1, 0.15) is 5.84 Å². The molecule has 0 atom stereocenters. The van der Waals surface area contributed by atoms with E-state index in [0.29, 0.717) is 6.54 Å². The Balaban J connectivity index is 2.13. The van der Waals surface area contributed by atoms with E-state index >= 15 is 0 Å². The molecule has 16 heavy (non-hydrogen) atoms. The maximum Gasteiger partial charge on any atom is 0.110 e. The van der Waals surface area contributed by atoms with Gasteiger partial charge in [0, 0.05) is 6.54 Å². The zero-order chi connectivity index (χ0) is 11.2. The minimum Gasteiger partial charge on any atom is -0.386 e. The van der Waals surface area contributed by atoms with Gasteiger partial charge in [0.05, 0.1) is 11.1 Å². The van der Waals surface area contributed by atoms with Crippen LogP contribution in [0.3, 0.4) is 0 Å². The van der Waals surface area contributed by atoms with Crippen molar-refractivity contribution in [1.82, 2.24) is 0 Å². The molecular formula is C13H17N3. The van der Waals surface area contributed by atoms with Crippen molar-refractivity contribution in [3.63, 3.8) is 0 Å². The quantitative estimate of drug-likeness (QED) is 0.752. The normalized spacial score (nSPS) is 21.2. The first-order chi connectivity index (χ1) is 7.76. The summed E-state index contributed by atoms with van der Waals surface area (Å²) in [7, 11) is 0. The average molecular weight is 215 g/mol. The van der Waals surface area contributed by atoms with Crippen LogP contribution in [-0.4, -0.2) is 5.84 Å². The van der Waals surface area contributed by atoms with E-state index in [1.54, 1.807) is 0 Å². The smallest absolute Gasteiger partial charge is 0.110 e. The highest BCUT2D eigenvalue weighted by molar-refractivity contribution is 5.99. The van der Waals surface area contributed by atoms with Gasteiger partial charge in [0.2, 0.25) is 0 Å².